The molecule has 0 aliphatic carbocycles. The molecule has 6 heteroatoms. The maximum Gasteiger partial charge on any atom is 0.259 e. The van der Waals surface area contributed by atoms with Crippen LogP contribution < -0.4 is 5.32 Å². The van der Waals surface area contributed by atoms with E-state index in [1.54, 1.807) is 42.6 Å². The Bertz CT molecular complexity index is 866. The lowest BCUT2D eigenvalue weighted by molar-refractivity contribution is 0.102. The SMILES string of the molecule is O=C(Nc1ccc(Cl)cc1)c1cc(Br)c2cccnc2c1O. The standard InChI is InChI=1S/C16H10BrClN2O2/c17-13-8-12(15(21)14-11(13)2-1-7-19-14)16(22)20-10-5-3-9(18)4-6-10/h1-8,21H,(H,20,22). The smallest absolute Gasteiger partial charge is 0.259 e. The maximum absolute atomic E-state index is 12.4. The summed E-state index contributed by atoms with van der Waals surface area (Å²) < 4.78 is 0.689. The molecule has 0 aliphatic heterocycles. The number of phenolic OH excluding ortho intramolecular Hbond substituents is 1. The molecule has 4 nitrogen and oxygen atoms in total. The number of carbonyl (C=O) groups is 1. The number of anilines is 1. The third-order valence-corrected chi connectivity index (χ3v) is 4.07. The van der Waals surface area contributed by atoms with Crippen molar-refractivity contribution in [2.24, 2.45) is 0 Å². The number of hydrogen-bond donors (Lipinski definition) is 2. The predicted molar refractivity (Wildman–Crippen MR) is 90.5 cm³/mol. The van der Waals surface area contributed by atoms with Gasteiger partial charge in [-0.2, -0.15) is 0 Å². The minimum absolute atomic E-state index is 0.146. The van der Waals surface area contributed by atoms with Gasteiger partial charge in [0.1, 0.15) is 5.52 Å². The van der Waals surface area contributed by atoms with Crippen molar-refractivity contribution in [2.75, 3.05) is 5.32 Å². The van der Waals surface area contributed by atoms with Crippen LogP contribution in [0.1, 0.15) is 10.4 Å². The fraction of sp³-hybridized carbons (Fsp3) is 0. The number of phenols is 1. The average molecular weight is 378 g/mol. The highest BCUT2D eigenvalue weighted by Gasteiger charge is 2.17. The molecule has 0 fully saturated rings. The number of benzene rings is 2. The van der Waals surface area contributed by atoms with Gasteiger partial charge >= 0.3 is 0 Å². The molecule has 0 spiro atoms. The Hall–Kier alpha value is -2.11. The van der Waals surface area contributed by atoms with Crippen LogP contribution in [-0.4, -0.2) is 16.0 Å². The van der Waals surface area contributed by atoms with Gasteiger partial charge in [-0.05, 0) is 36.4 Å². The van der Waals surface area contributed by atoms with Gasteiger partial charge in [0.2, 0.25) is 0 Å². The number of nitrogens with zero attached hydrogens (tertiary/aromatic N) is 1. The monoisotopic (exact) mass is 376 g/mol. The zero-order chi connectivity index (χ0) is 15.7. The number of hydrogen-bond acceptors (Lipinski definition) is 3. The van der Waals surface area contributed by atoms with Crippen LogP contribution in [0.2, 0.25) is 5.02 Å². The van der Waals surface area contributed by atoms with E-state index < -0.39 is 5.91 Å². The number of nitrogens with one attached hydrogen (secondary N) is 1. The second kappa shape index (κ2) is 5.94. The Morgan fingerprint density at radius 1 is 1.23 bits per heavy atom. The van der Waals surface area contributed by atoms with Crippen LogP contribution in [0.25, 0.3) is 10.9 Å². The highest BCUT2D eigenvalue weighted by Crippen LogP contribution is 2.33. The Balaban J connectivity index is 2.00. The predicted octanol–water partition coefficient (Wildman–Crippen LogP) is 4.61. The van der Waals surface area contributed by atoms with Gasteiger partial charge in [0.15, 0.2) is 5.75 Å². The normalized spacial score (nSPS) is 10.6. The molecule has 0 atom stereocenters. The lowest BCUT2D eigenvalue weighted by Crippen LogP contribution is -2.12. The van der Waals surface area contributed by atoms with Crippen molar-refractivity contribution in [3.8, 4) is 5.75 Å². The molecule has 0 saturated heterocycles. The van der Waals surface area contributed by atoms with Crippen molar-refractivity contribution in [1.29, 1.82) is 0 Å². The van der Waals surface area contributed by atoms with Crippen molar-refractivity contribution in [3.63, 3.8) is 0 Å². The fourth-order valence-electron chi connectivity index (χ4n) is 2.09. The number of aromatic hydroxyl groups is 1. The van der Waals surface area contributed by atoms with Crippen LogP contribution in [0, 0.1) is 0 Å². The minimum atomic E-state index is -0.423. The molecule has 2 N–H and O–H groups in total. The first-order chi connectivity index (χ1) is 10.6. The summed E-state index contributed by atoms with van der Waals surface area (Å²) in [5.41, 5.74) is 1.11. The van der Waals surface area contributed by atoms with Gasteiger partial charge in [0.05, 0.1) is 5.56 Å². The van der Waals surface area contributed by atoms with Crippen LogP contribution in [-0.2, 0) is 0 Å². The lowest BCUT2D eigenvalue weighted by Gasteiger charge is -2.10. The van der Waals surface area contributed by atoms with Gasteiger partial charge in [0.25, 0.3) is 5.91 Å². The third-order valence-electron chi connectivity index (χ3n) is 3.16. The first-order valence-corrected chi connectivity index (χ1v) is 7.56. The summed E-state index contributed by atoms with van der Waals surface area (Å²) in [5.74, 6) is -0.571. The summed E-state index contributed by atoms with van der Waals surface area (Å²) in [5, 5.41) is 14.3. The van der Waals surface area contributed by atoms with Gasteiger partial charge < -0.3 is 10.4 Å². The highest BCUT2D eigenvalue weighted by atomic mass is 79.9. The molecule has 0 unspecified atom stereocenters. The summed E-state index contributed by atoms with van der Waals surface area (Å²) in [4.78, 5) is 16.5. The summed E-state index contributed by atoms with van der Waals surface area (Å²) in [7, 11) is 0. The van der Waals surface area contributed by atoms with Crippen molar-refractivity contribution in [3.05, 3.63) is 63.7 Å². The Labute approximate surface area is 139 Å². The van der Waals surface area contributed by atoms with E-state index in [1.165, 1.54) is 0 Å². The van der Waals surface area contributed by atoms with E-state index in [4.69, 9.17) is 11.6 Å². The second-order valence-electron chi connectivity index (χ2n) is 4.62. The minimum Gasteiger partial charge on any atom is -0.505 e. The molecule has 110 valence electrons. The van der Waals surface area contributed by atoms with E-state index in [0.29, 0.717) is 20.7 Å². The highest BCUT2D eigenvalue weighted by molar-refractivity contribution is 9.10. The number of amides is 1. The lowest BCUT2D eigenvalue weighted by atomic mass is 10.1. The number of rotatable bonds is 2. The van der Waals surface area contributed by atoms with Crippen molar-refractivity contribution in [1.82, 2.24) is 4.98 Å². The van der Waals surface area contributed by atoms with Crippen molar-refractivity contribution >= 4 is 50.0 Å². The topological polar surface area (TPSA) is 62.2 Å². The summed E-state index contributed by atoms with van der Waals surface area (Å²) in [6.45, 7) is 0. The van der Waals surface area contributed by atoms with Crippen molar-refractivity contribution in [2.45, 2.75) is 0 Å². The van der Waals surface area contributed by atoms with Crippen LogP contribution in [0.3, 0.4) is 0 Å². The van der Waals surface area contributed by atoms with Crippen molar-refractivity contribution < 1.29 is 9.90 Å². The molecule has 0 saturated carbocycles. The Morgan fingerprint density at radius 2 is 1.95 bits per heavy atom. The quantitative estimate of drug-likeness (QED) is 0.685. The molecule has 1 heterocycles. The first kappa shape index (κ1) is 14.8. The molecule has 2 aromatic carbocycles. The van der Waals surface area contributed by atoms with E-state index in [0.717, 1.165) is 5.39 Å². The van der Waals surface area contributed by atoms with Gasteiger partial charge in [-0.15, -0.1) is 0 Å². The van der Waals surface area contributed by atoms with Gasteiger partial charge in [-0.3, -0.25) is 9.78 Å². The van der Waals surface area contributed by atoms with E-state index in [9.17, 15) is 9.90 Å². The van der Waals surface area contributed by atoms with E-state index in [2.05, 4.69) is 26.2 Å². The van der Waals surface area contributed by atoms with Crippen LogP contribution in [0.5, 0.6) is 5.75 Å². The molecule has 0 radical (unpaired) electrons. The zero-order valence-corrected chi connectivity index (χ0v) is 13.5. The summed E-state index contributed by atoms with van der Waals surface area (Å²) >= 11 is 9.21. The Morgan fingerprint density at radius 3 is 2.68 bits per heavy atom. The number of fused-ring (bicyclic) bond motifs is 1. The number of carbonyl (C=O) groups excluding carboxylic acids is 1. The maximum atomic E-state index is 12.4. The molecule has 22 heavy (non-hydrogen) atoms. The molecule has 1 aromatic heterocycles. The van der Waals surface area contributed by atoms with Crippen LogP contribution in [0.15, 0.2) is 53.1 Å². The van der Waals surface area contributed by atoms with E-state index in [-0.39, 0.29) is 11.3 Å². The Kier molecular flexibility index (Phi) is 4.00. The van der Waals surface area contributed by atoms with Gasteiger partial charge in [0, 0.05) is 26.8 Å². The number of halogens is 2. The summed E-state index contributed by atoms with van der Waals surface area (Å²) in [6, 6.07) is 11.9. The largest absolute Gasteiger partial charge is 0.505 e. The fourth-order valence-corrected chi connectivity index (χ4v) is 2.77. The molecule has 1 amide bonds. The number of aromatic nitrogens is 1. The molecular formula is C16H10BrClN2O2. The van der Waals surface area contributed by atoms with Crippen LogP contribution >= 0.6 is 27.5 Å². The van der Waals surface area contributed by atoms with Gasteiger partial charge in [-0.25, -0.2) is 0 Å². The zero-order valence-electron chi connectivity index (χ0n) is 11.2. The first-order valence-electron chi connectivity index (χ1n) is 6.39. The number of pyridine rings is 1. The van der Waals surface area contributed by atoms with Gasteiger partial charge in [-0.1, -0.05) is 33.6 Å². The third kappa shape index (κ3) is 2.77. The summed E-state index contributed by atoms with van der Waals surface area (Å²) in [6.07, 6.45) is 1.56. The van der Waals surface area contributed by atoms with E-state index in [1.807, 2.05) is 6.07 Å². The second-order valence-corrected chi connectivity index (χ2v) is 5.91. The molecule has 3 aromatic rings. The van der Waals surface area contributed by atoms with Crippen LogP contribution in [0.4, 0.5) is 5.69 Å². The molecule has 0 bridgehead atoms. The average Bonchev–Trinajstić information content (AvgIpc) is 2.53. The molecule has 0 aliphatic rings. The molecular weight excluding hydrogens is 368 g/mol. The van der Waals surface area contributed by atoms with E-state index >= 15 is 0 Å². The molecule has 3 rings (SSSR count).